The van der Waals surface area contributed by atoms with Gasteiger partial charge in [-0.3, -0.25) is 0 Å². The Morgan fingerprint density at radius 3 is 1.87 bits per heavy atom. The number of ether oxygens (including phenoxy) is 1. The van der Waals surface area contributed by atoms with Crippen LogP contribution < -0.4 is 4.74 Å². The molecule has 4 aromatic rings. The lowest BCUT2D eigenvalue weighted by Crippen LogP contribution is -2.09. The molecular formula is C26H17F3O2. The summed E-state index contributed by atoms with van der Waals surface area (Å²) in [6.07, 6.45) is 0. The fraction of sp³-hybridized carbons (Fsp3) is 0.0385. The van der Waals surface area contributed by atoms with Crippen LogP contribution in [0.2, 0.25) is 0 Å². The lowest BCUT2D eigenvalue weighted by atomic mass is 9.99. The maximum absolute atomic E-state index is 14.7. The van der Waals surface area contributed by atoms with Crippen LogP contribution in [0, 0.1) is 24.4 Å². The molecule has 0 atom stereocenters. The van der Waals surface area contributed by atoms with Crippen molar-refractivity contribution in [3.05, 3.63) is 114 Å². The molecule has 4 aromatic carbocycles. The van der Waals surface area contributed by atoms with Crippen molar-refractivity contribution in [1.82, 2.24) is 0 Å². The molecule has 0 aliphatic carbocycles. The van der Waals surface area contributed by atoms with Gasteiger partial charge in [0.2, 0.25) is 0 Å². The third-order valence-electron chi connectivity index (χ3n) is 4.95. The van der Waals surface area contributed by atoms with Gasteiger partial charge in [0.05, 0.1) is 5.56 Å². The molecule has 0 saturated heterocycles. The lowest BCUT2D eigenvalue weighted by Gasteiger charge is -2.10. The zero-order valence-electron chi connectivity index (χ0n) is 16.5. The Bertz CT molecular complexity index is 1250. The van der Waals surface area contributed by atoms with E-state index in [0.29, 0.717) is 16.7 Å². The number of rotatable bonds is 4. The minimum absolute atomic E-state index is 0.0804. The molecule has 4 rings (SSSR count). The van der Waals surface area contributed by atoms with Crippen LogP contribution in [0.15, 0.2) is 84.9 Å². The van der Waals surface area contributed by atoms with Gasteiger partial charge >= 0.3 is 5.97 Å². The van der Waals surface area contributed by atoms with Crippen molar-refractivity contribution >= 4 is 5.97 Å². The highest BCUT2D eigenvalue weighted by molar-refractivity contribution is 5.91. The predicted octanol–water partition coefficient (Wildman–Crippen LogP) is 6.97. The molecule has 154 valence electrons. The van der Waals surface area contributed by atoms with E-state index in [1.165, 1.54) is 48.5 Å². The van der Waals surface area contributed by atoms with Gasteiger partial charge < -0.3 is 4.74 Å². The lowest BCUT2D eigenvalue weighted by molar-refractivity contribution is 0.0734. The molecule has 0 fully saturated rings. The van der Waals surface area contributed by atoms with Crippen molar-refractivity contribution in [2.24, 2.45) is 0 Å². The number of aryl methyl sites for hydroxylation is 1. The van der Waals surface area contributed by atoms with Crippen LogP contribution >= 0.6 is 0 Å². The third kappa shape index (κ3) is 4.21. The maximum Gasteiger partial charge on any atom is 0.343 e. The summed E-state index contributed by atoms with van der Waals surface area (Å²) < 4.78 is 48.3. The smallest absolute Gasteiger partial charge is 0.343 e. The largest absolute Gasteiger partial charge is 0.423 e. The van der Waals surface area contributed by atoms with Gasteiger partial charge in [0, 0.05) is 11.1 Å². The second-order valence-electron chi connectivity index (χ2n) is 7.03. The van der Waals surface area contributed by atoms with E-state index in [1.807, 2.05) is 0 Å². The standard InChI is InChI=1S/C26H17F3O2/c1-16-7-8-19(15-23(16)27)26(30)31-20-11-9-18(10-12-20)22-14-13-21(24(28)25(22)29)17-5-3-2-4-6-17/h2-15H,1H3. The number of carbonyl (C=O) groups excluding carboxylic acids is 1. The molecule has 0 amide bonds. The Labute approximate surface area is 177 Å². The molecule has 2 nitrogen and oxygen atoms in total. The summed E-state index contributed by atoms with van der Waals surface area (Å²) in [6.45, 7) is 1.59. The van der Waals surface area contributed by atoms with Crippen LogP contribution in [-0.2, 0) is 0 Å². The molecule has 0 heterocycles. The maximum atomic E-state index is 14.7. The molecule has 0 aromatic heterocycles. The van der Waals surface area contributed by atoms with Crippen molar-refractivity contribution in [3.8, 4) is 28.0 Å². The summed E-state index contributed by atoms with van der Waals surface area (Å²) in [4.78, 5) is 12.2. The second kappa shape index (κ2) is 8.48. The molecule has 0 spiro atoms. The molecule has 31 heavy (non-hydrogen) atoms. The van der Waals surface area contributed by atoms with Gasteiger partial charge in [0.1, 0.15) is 11.6 Å². The Morgan fingerprint density at radius 1 is 0.710 bits per heavy atom. The topological polar surface area (TPSA) is 26.3 Å². The van der Waals surface area contributed by atoms with Gasteiger partial charge in [0.15, 0.2) is 11.6 Å². The molecular weight excluding hydrogens is 401 g/mol. The fourth-order valence-electron chi connectivity index (χ4n) is 3.20. The fourth-order valence-corrected chi connectivity index (χ4v) is 3.20. The summed E-state index contributed by atoms with van der Waals surface area (Å²) in [7, 11) is 0. The first-order valence-electron chi connectivity index (χ1n) is 9.56. The summed E-state index contributed by atoms with van der Waals surface area (Å²) in [6, 6.07) is 21.8. The van der Waals surface area contributed by atoms with Gasteiger partial charge in [0.25, 0.3) is 0 Å². The van der Waals surface area contributed by atoms with Crippen molar-refractivity contribution in [2.45, 2.75) is 6.92 Å². The number of esters is 1. The Kier molecular flexibility index (Phi) is 5.58. The number of hydrogen-bond donors (Lipinski definition) is 0. The summed E-state index contributed by atoms with van der Waals surface area (Å²) >= 11 is 0. The molecule has 5 heteroatoms. The Balaban J connectivity index is 1.56. The van der Waals surface area contributed by atoms with Gasteiger partial charge in [-0.25, -0.2) is 18.0 Å². The zero-order valence-corrected chi connectivity index (χ0v) is 16.5. The van der Waals surface area contributed by atoms with E-state index in [9.17, 15) is 18.0 Å². The first-order chi connectivity index (χ1) is 14.9. The molecule has 0 unspecified atom stereocenters. The number of hydrogen-bond acceptors (Lipinski definition) is 2. The molecule has 0 saturated carbocycles. The van der Waals surface area contributed by atoms with Crippen LogP contribution in [0.5, 0.6) is 5.75 Å². The zero-order chi connectivity index (χ0) is 22.0. The van der Waals surface area contributed by atoms with Gasteiger partial charge in [-0.2, -0.15) is 0 Å². The van der Waals surface area contributed by atoms with E-state index in [4.69, 9.17) is 4.74 Å². The normalized spacial score (nSPS) is 10.7. The van der Waals surface area contributed by atoms with Crippen LogP contribution in [0.3, 0.4) is 0 Å². The van der Waals surface area contributed by atoms with Gasteiger partial charge in [-0.05, 0) is 47.9 Å². The second-order valence-corrected chi connectivity index (χ2v) is 7.03. The highest BCUT2D eigenvalue weighted by atomic mass is 19.2. The van der Waals surface area contributed by atoms with E-state index in [1.54, 1.807) is 37.3 Å². The van der Waals surface area contributed by atoms with E-state index in [-0.39, 0.29) is 22.4 Å². The van der Waals surface area contributed by atoms with Crippen LogP contribution in [0.1, 0.15) is 15.9 Å². The highest BCUT2D eigenvalue weighted by Gasteiger charge is 2.16. The first kappa shape index (κ1) is 20.4. The average molecular weight is 418 g/mol. The van der Waals surface area contributed by atoms with Crippen molar-refractivity contribution < 1.29 is 22.7 Å². The van der Waals surface area contributed by atoms with Crippen LogP contribution in [0.4, 0.5) is 13.2 Å². The predicted molar refractivity (Wildman–Crippen MR) is 113 cm³/mol. The summed E-state index contributed by atoms with van der Waals surface area (Å²) in [5, 5.41) is 0. The average Bonchev–Trinajstić information content (AvgIpc) is 2.78. The van der Waals surface area contributed by atoms with Crippen LogP contribution in [0.25, 0.3) is 22.3 Å². The monoisotopic (exact) mass is 418 g/mol. The Morgan fingerprint density at radius 2 is 1.29 bits per heavy atom. The molecule has 0 aliphatic heterocycles. The van der Waals surface area contributed by atoms with Crippen LogP contribution in [-0.4, -0.2) is 5.97 Å². The third-order valence-corrected chi connectivity index (χ3v) is 4.95. The van der Waals surface area contributed by atoms with Gasteiger partial charge in [-0.15, -0.1) is 0 Å². The highest BCUT2D eigenvalue weighted by Crippen LogP contribution is 2.32. The van der Waals surface area contributed by atoms with Gasteiger partial charge in [-0.1, -0.05) is 60.7 Å². The molecule has 0 N–H and O–H groups in total. The van der Waals surface area contributed by atoms with Crippen molar-refractivity contribution in [2.75, 3.05) is 0 Å². The quantitative estimate of drug-likeness (QED) is 0.264. The summed E-state index contributed by atoms with van der Waals surface area (Å²) in [5.74, 6) is -2.89. The summed E-state index contributed by atoms with van der Waals surface area (Å²) in [5.41, 5.74) is 1.79. The minimum Gasteiger partial charge on any atom is -0.423 e. The number of halogens is 3. The number of carbonyl (C=O) groups is 1. The van der Waals surface area contributed by atoms with E-state index in [0.717, 1.165) is 6.07 Å². The number of benzene rings is 4. The first-order valence-corrected chi connectivity index (χ1v) is 9.56. The molecule has 0 aliphatic rings. The van der Waals surface area contributed by atoms with E-state index in [2.05, 4.69) is 0 Å². The SMILES string of the molecule is Cc1ccc(C(=O)Oc2ccc(-c3ccc(-c4ccccc4)c(F)c3F)cc2)cc1F. The Hall–Kier alpha value is -3.86. The molecule has 0 bridgehead atoms. The van der Waals surface area contributed by atoms with E-state index >= 15 is 0 Å². The molecule has 0 radical (unpaired) electrons. The minimum atomic E-state index is -0.957. The van der Waals surface area contributed by atoms with Crippen molar-refractivity contribution in [3.63, 3.8) is 0 Å². The van der Waals surface area contributed by atoms with E-state index < -0.39 is 23.4 Å². The van der Waals surface area contributed by atoms with Crippen molar-refractivity contribution in [1.29, 1.82) is 0 Å².